The number of furan rings is 1. The average Bonchev–Trinajstić information content (AvgIpc) is 3.47. The van der Waals surface area contributed by atoms with Gasteiger partial charge in [-0.2, -0.15) is 0 Å². The molecule has 2 saturated carbocycles. The topological polar surface area (TPSA) is 70.3 Å². The molecule has 2 saturated heterocycles. The van der Waals surface area contributed by atoms with Gasteiger partial charge in [0.15, 0.2) is 12.1 Å². The van der Waals surface area contributed by atoms with E-state index in [0.29, 0.717) is 38.8 Å². The molecule has 2 aliphatic carbocycles. The molecule has 4 fully saturated rings. The Morgan fingerprint density at radius 3 is 2.52 bits per heavy atom. The van der Waals surface area contributed by atoms with Gasteiger partial charge in [-0.15, -0.1) is 0 Å². The highest BCUT2D eigenvalue weighted by molar-refractivity contribution is 5.15. The first-order chi connectivity index (χ1) is 14.0. The minimum Gasteiger partial charge on any atom is -0.472 e. The highest BCUT2D eigenvalue weighted by Gasteiger charge is 2.66. The van der Waals surface area contributed by atoms with Crippen molar-refractivity contribution in [3.8, 4) is 0 Å². The van der Waals surface area contributed by atoms with Crippen LogP contribution >= 0.6 is 0 Å². The van der Waals surface area contributed by atoms with Crippen LogP contribution in [-0.4, -0.2) is 43.6 Å². The van der Waals surface area contributed by atoms with Crippen molar-refractivity contribution in [1.29, 1.82) is 0 Å². The quantitative estimate of drug-likeness (QED) is 0.814. The highest BCUT2D eigenvalue weighted by Crippen LogP contribution is 2.67. The van der Waals surface area contributed by atoms with Crippen LogP contribution in [0, 0.1) is 22.7 Å². The first-order valence-corrected chi connectivity index (χ1v) is 11.2. The van der Waals surface area contributed by atoms with Crippen molar-refractivity contribution < 1.29 is 28.5 Å². The fourth-order valence-corrected chi connectivity index (χ4v) is 7.15. The Bertz CT molecular complexity index is 692. The Labute approximate surface area is 172 Å². The van der Waals surface area contributed by atoms with Crippen LogP contribution in [0.3, 0.4) is 0 Å². The lowest BCUT2D eigenvalue weighted by Crippen LogP contribution is -2.63. The monoisotopic (exact) mass is 406 g/mol. The first kappa shape index (κ1) is 20.0. The molecule has 1 spiro atoms. The van der Waals surface area contributed by atoms with Crippen LogP contribution in [0.4, 0.5) is 0 Å². The van der Waals surface area contributed by atoms with Gasteiger partial charge in [0.25, 0.3) is 0 Å². The summed E-state index contributed by atoms with van der Waals surface area (Å²) in [7, 11) is 0. The van der Waals surface area contributed by atoms with Crippen molar-refractivity contribution >= 4 is 0 Å². The lowest BCUT2D eigenvalue weighted by atomic mass is 9.45. The van der Waals surface area contributed by atoms with Gasteiger partial charge in [-0.1, -0.05) is 13.8 Å². The van der Waals surface area contributed by atoms with Crippen molar-refractivity contribution in [2.75, 3.05) is 26.4 Å². The number of aliphatic hydroxyl groups is 1. The summed E-state index contributed by atoms with van der Waals surface area (Å²) in [5.74, 6) is 0.108. The summed E-state index contributed by atoms with van der Waals surface area (Å²) in [5, 5.41) is 11.1. The van der Waals surface area contributed by atoms with Crippen molar-refractivity contribution in [3.63, 3.8) is 0 Å². The predicted octanol–water partition coefficient (Wildman–Crippen LogP) is 4.04. The second kappa shape index (κ2) is 7.34. The molecule has 6 heteroatoms. The molecular weight excluding hydrogens is 372 g/mol. The molecule has 5 rings (SSSR count). The zero-order valence-corrected chi connectivity index (χ0v) is 17.6. The Morgan fingerprint density at radius 2 is 1.83 bits per heavy atom. The van der Waals surface area contributed by atoms with Gasteiger partial charge in [-0.05, 0) is 49.5 Å². The molecule has 1 aromatic heterocycles. The Balaban J connectivity index is 1.52. The molecule has 29 heavy (non-hydrogen) atoms. The fraction of sp³-hybridized carbons (Fsp3) is 0.826. The molecule has 5 atom stereocenters. The fourth-order valence-electron chi connectivity index (χ4n) is 7.15. The zero-order valence-electron chi connectivity index (χ0n) is 17.6. The average molecular weight is 407 g/mol. The van der Waals surface area contributed by atoms with E-state index in [0.717, 1.165) is 37.7 Å². The maximum Gasteiger partial charge on any atom is 0.174 e. The minimum absolute atomic E-state index is 0.0816. The van der Waals surface area contributed by atoms with Gasteiger partial charge in [-0.3, -0.25) is 0 Å². The number of ether oxygens (including phenoxy) is 4. The maximum absolute atomic E-state index is 11.1. The van der Waals surface area contributed by atoms with Gasteiger partial charge >= 0.3 is 0 Å². The maximum atomic E-state index is 11.1. The summed E-state index contributed by atoms with van der Waals surface area (Å²) in [6.45, 7) is 7.35. The van der Waals surface area contributed by atoms with Crippen molar-refractivity contribution in [2.45, 2.75) is 70.6 Å². The normalized spacial score (nSPS) is 40.9. The van der Waals surface area contributed by atoms with E-state index < -0.39 is 11.9 Å². The first-order valence-electron chi connectivity index (χ1n) is 11.2. The molecule has 0 aromatic carbocycles. The van der Waals surface area contributed by atoms with Crippen LogP contribution in [0.15, 0.2) is 23.0 Å². The third kappa shape index (κ3) is 3.02. The number of hydrogen-bond donors (Lipinski definition) is 1. The van der Waals surface area contributed by atoms with Gasteiger partial charge < -0.3 is 28.5 Å². The molecule has 162 valence electrons. The molecule has 0 radical (unpaired) electrons. The Hall–Kier alpha value is -0.920. The van der Waals surface area contributed by atoms with E-state index in [-0.39, 0.29) is 23.0 Å². The molecule has 4 aliphatic rings. The van der Waals surface area contributed by atoms with Gasteiger partial charge in [-0.25, -0.2) is 0 Å². The van der Waals surface area contributed by atoms with Crippen LogP contribution in [0.1, 0.15) is 64.0 Å². The number of rotatable bonds is 4. The molecule has 6 nitrogen and oxygen atoms in total. The van der Waals surface area contributed by atoms with Crippen LogP contribution in [0.5, 0.6) is 0 Å². The second-order valence-electron chi connectivity index (χ2n) is 9.85. The van der Waals surface area contributed by atoms with Crippen LogP contribution in [0.25, 0.3) is 0 Å². The molecule has 1 N–H and O–H groups in total. The Kier molecular flexibility index (Phi) is 5.07. The van der Waals surface area contributed by atoms with E-state index in [1.165, 1.54) is 0 Å². The minimum atomic E-state index is -0.576. The third-order valence-corrected chi connectivity index (χ3v) is 8.55. The Morgan fingerprint density at radius 1 is 1.07 bits per heavy atom. The predicted molar refractivity (Wildman–Crippen MR) is 105 cm³/mol. The van der Waals surface area contributed by atoms with Crippen molar-refractivity contribution in [2.24, 2.45) is 22.7 Å². The van der Waals surface area contributed by atoms with Crippen molar-refractivity contribution in [3.05, 3.63) is 24.2 Å². The van der Waals surface area contributed by atoms with Gasteiger partial charge in [0.1, 0.15) is 0 Å². The molecule has 0 amide bonds. The largest absolute Gasteiger partial charge is 0.472 e. The van der Waals surface area contributed by atoms with Crippen LogP contribution in [0.2, 0.25) is 0 Å². The van der Waals surface area contributed by atoms with E-state index in [1.54, 1.807) is 12.5 Å². The molecule has 0 bridgehead atoms. The lowest BCUT2D eigenvalue weighted by Gasteiger charge is -2.63. The third-order valence-electron chi connectivity index (χ3n) is 8.55. The summed E-state index contributed by atoms with van der Waals surface area (Å²) in [6.07, 6.45) is 8.33. The number of fused-ring (bicyclic) bond motifs is 2. The molecule has 2 aliphatic heterocycles. The van der Waals surface area contributed by atoms with E-state index in [9.17, 15) is 5.11 Å². The molecular formula is C23H34O6. The summed E-state index contributed by atoms with van der Waals surface area (Å²) in [5.41, 5.74) is 0.591. The smallest absolute Gasteiger partial charge is 0.174 e. The van der Waals surface area contributed by atoms with Gasteiger partial charge in [0.2, 0.25) is 0 Å². The highest BCUT2D eigenvalue weighted by atomic mass is 16.7. The lowest BCUT2D eigenvalue weighted by molar-refractivity contribution is -0.309. The second-order valence-corrected chi connectivity index (χ2v) is 9.85. The summed E-state index contributed by atoms with van der Waals surface area (Å²) < 4.78 is 29.9. The van der Waals surface area contributed by atoms with E-state index in [1.807, 2.05) is 6.07 Å². The molecule has 1 aromatic rings. The summed E-state index contributed by atoms with van der Waals surface area (Å²) >= 11 is 0. The van der Waals surface area contributed by atoms with E-state index in [4.69, 9.17) is 23.4 Å². The summed E-state index contributed by atoms with van der Waals surface area (Å²) in [6, 6.07) is 1.86. The van der Waals surface area contributed by atoms with E-state index >= 15 is 0 Å². The van der Waals surface area contributed by atoms with Gasteiger partial charge in [0, 0.05) is 23.3 Å². The number of hydrogen-bond acceptors (Lipinski definition) is 6. The van der Waals surface area contributed by atoms with Crippen LogP contribution in [-0.2, 0) is 18.9 Å². The summed E-state index contributed by atoms with van der Waals surface area (Å²) in [4.78, 5) is 0. The van der Waals surface area contributed by atoms with Crippen molar-refractivity contribution in [1.82, 2.24) is 0 Å². The molecule has 3 heterocycles. The SMILES string of the molecule is C[C@@]1(C[C@H](O)c2ccoc2)[C@H]2CCCC3(OCCO3)[C@]2(C)CC[C@H]1C1OCCO1. The van der Waals surface area contributed by atoms with Gasteiger partial charge in [0.05, 0.1) is 45.1 Å². The zero-order chi connectivity index (χ0) is 20.1. The van der Waals surface area contributed by atoms with Crippen LogP contribution < -0.4 is 0 Å². The van der Waals surface area contributed by atoms with E-state index in [2.05, 4.69) is 13.8 Å². The molecule has 0 unspecified atom stereocenters. The number of aliphatic hydroxyl groups excluding tert-OH is 1. The standard InChI is InChI=1S/C23H34O6/c1-21(14-18(24)16-6-9-25-15-16)17(20-26-10-11-27-20)5-8-22(2)19(21)4-3-7-23(22)28-12-13-29-23/h6,9,15,17-20,24H,3-5,7-8,10-14H2,1-2H3/t17-,18-,19+,21-,22+/m0/s1.